The number of hydrogen-bond donors (Lipinski definition) is 1. The molecule has 0 unspecified atom stereocenters. The van der Waals surface area contributed by atoms with Crippen LogP contribution in [0.4, 0.5) is 14.5 Å². The van der Waals surface area contributed by atoms with Gasteiger partial charge in [0.25, 0.3) is 0 Å². The number of nitrogens with one attached hydrogen (secondary N) is 1. The molecule has 0 atom stereocenters. The highest BCUT2D eigenvalue weighted by Gasteiger charge is 2.29. The van der Waals surface area contributed by atoms with Crippen molar-refractivity contribution in [2.45, 2.75) is 11.5 Å². The molecule has 1 aliphatic rings. The first-order valence-electron chi connectivity index (χ1n) is 9.60. The van der Waals surface area contributed by atoms with Gasteiger partial charge in [0.05, 0.1) is 20.3 Å². The first kappa shape index (κ1) is 23.6. The van der Waals surface area contributed by atoms with Crippen molar-refractivity contribution in [1.82, 2.24) is 4.31 Å². The minimum absolute atomic E-state index is 0.0742. The Kier molecular flexibility index (Phi) is 7.78. The van der Waals surface area contributed by atoms with E-state index in [1.807, 2.05) is 0 Å². The lowest BCUT2D eigenvalue weighted by Gasteiger charge is -2.26. The van der Waals surface area contributed by atoms with Crippen LogP contribution < -0.4 is 14.8 Å². The lowest BCUT2D eigenvalue weighted by molar-refractivity contribution is -0.111. The van der Waals surface area contributed by atoms with Gasteiger partial charge in [-0.25, -0.2) is 8.42 Å². The quantitative estimate of drug-likeness (QED) is 0.599. The van der Waals surface area contributed by atoms with Gasteiger partial charge in [0.1, 0.15) is 16.4 Å². The van der Waals surface area contributed by atoms with E-state index in [1.54, 1.807) is 6.07 Å². The monoisotopic (exact) mass is 468 g/mol. The third kappa shape index (κ3) is 5.81. The number of para-hydroxylation sites is 1. The molecule has 172 valence electrons. The minimum Gasteiger partial charge on any atom is -0.495 e. The standard InChI is InChI=1S/C21H22F2N2O6S/c1-29-18-8-7-16(14-19(18)32(27,28)25-10-12-30-13-11-25)24-20(26)9-6-15-4-2-3-5-17(15)31-21(22)23/h2-9,14,21H,10-13H2,1H3,(H,24,26). The van der Waals surface area contributed by atoms with Crippen LogP contribution >= 0.6 is 0 Å². The summed E-state index contributed by atoms with van der Waals surface area (Å²) in [6.07, 6.45) is 2.45. The molecule has 0 spiro atoms. The highest BCUT2D eigenvalue weighted by atomic mass is 32.2. The molecule has 1 fully saturated rings. The summed E-state index contributed by atoms with van der Waals surface area (Å²) in [5.74, 6) is -0.519. The lowest BCUT2D eigenvalue weighted by Crippen LogP contribution is -2.40. The van der Waals surface area contributed by atoms with E-state index in [1.165, 1.54) is 53.9 Å². The number of rotatable bonds is 8. The third-order valence-corrected chi connectivity index (χ3v) is 6.49. The highest BCUT2D eigenvalue weighted by Crippen LogP contribution is 2.30. The smallest absolute Gasteiger partial charge is 0.387 e. The van der Waals surface area contributed by atoms with E-state index in [-0.39, 0.29) is 40.7 Å². The van der Waals surface area contributed by atoms with Crippen LogP contribution in [0.3, 0.4) is 0 Å². The van der Waals surface area contributed by atoms with Gasteiger partial charge in [0.2, 0.25) is 15.9 Å². The zero-order chi connectivity index (χ0) is 23.1. The molecule has 1 N–H and O–H groups in total. The molecule has 2 aromatic rings. The van der Waals surface area contributed by atoms with Crippen LogP contribution in [0.5, 0.6) is 11.5 Å². The second kappa shape index (κ2) is 10.5. The summed E-state index contributed by atoms with van der Waals surface area (Å²) in [6.45, 7) is -1.99. The molecule has 2 aromatic carbocycles. The van der Waals surface area contributed by atoms with E-state index in [2.05, 4.69) is 10.1 Å². The lowest BCUT2D eigenvalue weighted by atomic mass is 10.2. The normalized spacial score (nSPS) is 15.1. The van der Waals surface area contributed by atoms with E-state index in [0.29, 0.717) is 13.2 Å². The summed E-state index contributed by atoms with van der Waals surface area (Å²) < 4.78 is 67.2. The second-order valence-electron chi connectivity index (χ2n) is 6.62. The van der Waals surface area contributed by atoms with E-state index in [4.69, 9.17) is 9.47 Å². The van der Waals surface area contributed by atoms with Crippen molar-refractivity contribution in [3.8, 4) is 11.5 Å². The topological polar surface area (TPSA) is 94.2 Å². The number of hydrogen-bond acceptors (Lipinski definition) is 6. The first-order chi connectivity index (χ1) is 15.3. The zero-order valence-corrected chi connectivity index (χ0v) is 18.0. The van der Waals surface area contributed by atoms with Crippen LogP contribution in [0, 0.1) is 0 Å². The Bertz CT molecular complexity index is 1090. The number of halogens is 2. The van der Waals surface area contributed by atoms with Crippen LogP contribution in [-0.4, -0.2) is 58.7 Å². The Morgan fingerprint density at radius 2 is 1.88 bits per heavy atom. The van der Waals surface area contributed by atoms with Crippen molar-refractivity contribution in [2.75, 3.05) is 38.7 Å². The van der Waals surface area contributed by atoms with E-state index in [0.717, 1.165) is 6.08 Å². The predicted octanol–water partition coefficient (Wildman–Crippen LogP) is 2.97. The van der Waals surface area contributed by atoms with Crippen molar-refractivity contribution in [3.63, 3.8) is 0 Å². The van der Waals surface area contributed by atoms with Gasteiger partial charge in [-0.1, -0.05) is 18.2 Å². The number of sulfonamides is 1. The van der Waals surface area contributed by atoms with Crippen LogP contribution in [0.15, 0.2) is 53.4 Å². The van der Waals surface area contributed by atoms with Crippen LogP contribution in [0.25, 0.3) is 6.08 Å². The van der Waals surface area contributed by atoms with Gasteiger partial charge in [-0.15, -0.1) is 0 Å². The summed E-state index contributed by atoms with van der Waals surface area (Å²) in [4.78, 5) is 12.3. The Labute approximate surface area is 184 Å². The van der Waals surface area contributed by atoms with E-state index >= 15 is 0 Å². The van der Waals surface area contributed by atoms with Crippen LogP contribution in [0.1, 0.15) is 5.56 Å². The van der Waals surface area contributed by atoms with Gasteiger partial charge < -0.3 is 19.5 Å². The number of amides is 1. The van der Waals surface area contributed by atoms with E-state index < -0.39 is 22.5 Å². The number of morpholine rings is 1. The zero-order valence-electron chi connectivity index (χ0n) is 17.2. The van der Waals surface area contributed by atoms with Crippen LogP contribution in [-0.2, 0) is 19.6 Å². The molecule has 1 amide bonds. The molecule has 8 nitrogen and oxygen atoms in total. The van der Waals surface area contributed by atoms with Gasteiger partial charge in [0, 0.05) is 30.4 Å². The van der Waals surface area contributed by atoms with Crippen LogP contribution in [0.2, 0.25) is 0 Å². The molecule has 1 aliphatic heterocycles. The van der Waals surface area contributed by atoms with Crippen molar-refractivity contribution in [2.24, 2.45) is 0 Å². The highest BCUT2D eigenvalue weighted by molar-refractivity contribution is 7.89. The second-order valence-corrected chi connectivity index (χ2v) is 8.53. The Hall–Kier alpha value is -3.02. The summed E-state index contributed by atoms with van der Waals surface area (Å²) in [6, 6.07) is 10.3. The molecule has 3 rings (SSSR count). The average molecular weight is 468 g/mol. The van der Waals surface area contributed by atoms with Gasteiger partial charge in [-0.3, -0.25) is 4.79 Å². The molecule has 11 heteroatoms. The number of carbonyl (C=O) groups is 1. The van der Waals surface area contributed by atoms with Crippen molar-refractivity contribution >= 4 is 27.7 Å². The number of carbonyl (C=O) groups excluding carboxylic acids is 1. The molecular formula is C21H22F2N2O6S. The SMILES string of the molecule is COc1ccc(NC(=O)C=Cc2ccccc2OC(F)F)cc1S(=O)(=O)N1CCOCC1. The molecule has 0 bridgehead atoms. The van der Waals surface area contributed by atoms with E-state index in [9.17, 15) is 22.0 Å². The van der Waals surface area contributed by atoms with Gasteiger partial charge >= 0.3 is 6.61 Å². The summed E-state index contributed by atoms with van der Waals surface area (Å²) >= 11 is 0. The largest absolute Gasteiger partial charge is 0.495 e. The molecule has 0 aromatic heterocycles. The summed E-state index contributed by atoms with van der Waals surface area (Å²) in [5, 5.41) is 2.56. The molecule has 0 radical (unpaired) electrons. The fraction of sp³-hybridized carbons (Fsp3) is 0.286. The molecule has 0 aliphatic carbocycles. The molecule has 1 heterocycles. The third-order valence-electron chi connectivity index (χ3n) is 4.57. The molecule has 0 saturated carbocycles. The number of methoxy groups -OCH3 is 1. The van der Waals surface area contributed by atoms with Crippen molar-refractivity contribution in [3.05, 3.63) is 54.1 Å². The van der Waals surface area contributed by atoms with Gasteiger partial charge in [0.15, 0.2) is 0 Å². The Balaban J connectivity index is 1.79. The first-order valence-corrected chi connectivity index (χ1v) is 11.0. The molecule has 1 saturated heterocycles. The fourth-order valence-electron chi connectivity index (χ4n) is 3.05. The fourth-order valence-corrected chi connectivity index (χ4v) is 4.64. The predicted molar refractivity (Wildman–Crippen MR) is 113 cm³/mol. The number of benzene rings is 2. The van der Waals surface area contributed by atoms with Crippen molar-refractivity contribution in [1.29, 1.82) is 0 Å². The van der Waals surface area contributed by atoms with Crippen molar-refractivity contribution < 1.29 is 36.2 Å². The van der Waals surface area contributed by atoms with Gasteiger partial charge in [-0.05, 0) is 30.3 Å². The average Bonchev–Trinajstić information content (AvgIpc) is 2.78. The molecule has 32 heavy (non-hydrogen) atoms. The number of ether oxygens (including phenoxy) is 3. The number of anilines is 1. The Morgan fingerprint density at radius 1 is 1.16 bits per heavy atom. The minimum atomic E-state index is -3.86. The maximum atomic E-state index is 13.0. The maximum Gasteiger partial charge on any atom is 0.387 e. The van der Waals surface area contributed by atoms with Gasteiger partial charge in [-0.2, -0.15) is 13.1 Å². The summed E-state index contributed by atoms with van der Waals surface area (Å²) in [7, 11) is -2.51. The Morgan fingerprint density at radius 3 is 2.56 bits per heavy atom. The maximum absolute atomic E-state index is 13.0. The number of nitrogens with zero attached hydrogens (tertiary/aromatic N) is 1. The number of alkyl halides is 2. The molecular weight excluding hydrogens is 446 g/mol. The summed E-state index contributed by atoms with van der Waals surface area (Å²) in [5.41, 5.74) is 0.512.